The van der Waals surface area contributed by atoms with Gasteiger partial charge in [0.1, 0.15) is 11.2 Å². The van der Waals surface area contributed by atoms with Crippen LogP contribution in [0, 0.1) is 0 Å². The lowest BCUT2D eigenvalue weighted by Gasteiger charge is -2.07. The fourth-order valence-corrected chi connectivity index (χ4v) is 5.00. The normalized spacial score (nSPS) is 11.7. The van der Waals surface area contributed by atoms with Gasteiger partial charge in [-0.15, -0.1) is 11.3 Å². The second-order valence-electron chi connectivity index (χ2n) is 6.73. The monoisotopic (exact) mass is 362 g/mol. The van der Waals surface area contributed by atoms with E-state index in [-0.39, 0.29) is 0 Å². The molecule has 126 valence electrons. The first-order valence-corrected chi connectivity index (χ1v) is 9.74. The van der Waals surface area contributed by atoms with Crippen LogP contribution in [0.15, 0.2) is 85.2 Å². The van der Waals surface area contributed by atoms with Crippen molar-refractivity contribution in [2.24, 2.45) is 0 Å². The highest BCUT2D eigenvalue weighted by molar-refractivity contribution is 7.25. The molecule has 2 nitrogen and oxygen atoms in total. The Bertz CT molecular complexity index is 1470. The van der Waals surface area contributed by atoms with Gasteiger partial charge in [-0.1, -0.05) is 66.7 Å². The van der Waals surface area contributed by atoms with Crippen LogP contribution in [0.3, 0.4) is 0 Å². The number of hydrogen-bond donors (Lipinski definition) is 0. The Hall–Kier alpha value is -3.30. The highest BCUT2D eigenvalue weighted by atomic mass is 32.1. The molecule has 0 bridgehead atoms. The van der Waals surface area contributed by atoms with Crippen molar-refractivity contribution in [1.82, 2.24) is 9.97 Å². The predicted molar refractivity (Wildman–Crippen MR) is 115 cm³/mol. The van der Waals surface area contributed by atoms with Crippen LogP contribution in [0.25, 0.3) is 53.1 Å². The second kappa shape index (κ2) is 5.60. The van der Waals surface area contributed by atoms with Crippen LogP contribution < -0.4 is 0 Å². The van der Waals surface area contributed by atoms with Gasteiger partial charge in [-0.05, 0) is 33.7 Å². The highest BCUT2D eigenvalue weighted by Crippen LogP contribution is 2.40. The van der Waals surface area contributed by atoms with Crippen molar-refractivity contribution in [2.45, 2.75) is 0 Å². The van der Waals surface area contributed by atoms with Crippen molar-refractivity contribution in [1.29, 1.82) is 0 Å². The standard InChI is InChI=1S/C24H14N2S/c1-2-8-17-13-21-20(12-16(17)7-1)22-23(25-14-26-24(22)27-21)19-11-5-9-15-6-3-4-10-18(15)19/h1-14H. The van der Waals surface area contributed by atoms with Gasteiger partial charge in [0.15, 0.2) is 0 Å². The third-order valence-electron chi connectivity index (χ3n) is 5.18. The molecule has 0 N–H and O–H groups in total. The zero-order valence-electron chi connectivity index (χ0n) is 14.4. The summed E-state index contributed by atoms with van der Waals surface area (Å²) in [6.07, 6.45) is 1.69. The number of fused-ring (bicyclic) bond motifs is 5. The number of hydrogen-bond acceptors (Lipinski definition) is 3. The molecule has 0 atom stereocenters. The second-order valence-corrected chi connectivity index (χ2v) is 7.76. The van der Waals surface area contributed by atoms with Crippen molar-refractivity contribution in [3.05, 3.63) is 85.2 Å². The van der Waals surface area contributed by atoms with Crippen molar-refractivity contribution in [2.75, 3.05) is 0 Å². The molecule has 0 spiro atoms. The van der Waals surface area contributed by atoms with Crippen molar-refractivity contribution < 1.29 is 0 Å². The lowest BCUT2D eigenvalue weighted by molar-refractivity contribution is 1.24. The van der Waals surface area contributed by atoms with Gasteiger partial charge in [0.2, 0.25) is 0 Å². The van der Waals surface area contributed by atoms with Gasteiger partial charge in [0.25, 0.3) is 0 Å². The van der Waals surface area contributed by atoms with Crippen LogP contribution in [0.5, 0.6) is 0 Å². The summed E-state index contributed by atoms with van der Waals surface area (Å²) in [6.45, 7) is 0. The zero-order valence-corrected chi connectivity index (χ0v) is 15.2. The summed E-state index contributed by atoms with van der Waals surface area (Å²) in [6, 6.07) is 28.0. The summed E-state index contributed by atoms with van der Waals surface area (Å²) >= 11 is 1.74. The third kappa shape index (κ3) is 2.19. The largest absolute Gasteiger partial charge is 0.236 e. The van der Waals surface area contributed by atoms with E-state index in [1.807, 2.05) is 0 Å². The van der Waals surface area contributed by atoms with E-state index in [1.54, 1.807) is 17.7 Å². The van der Waals surface area contributed by atoms with Gasteiger partial charge in [-0.25, -0.2) is 9.97 Å². The first-order valence-electron chi connectivity index (χ1n) is 8.93. The summed E-state index contributed by atoms with van der Waals surface area (Å²) in [5, 5.41) is 7.34. The quantitative estimate of drug-likeness (QED) is 0.321. The molecule has 2 aromatic heterocycles. The molecule has 4 aromatic carbocycles. The molecule has 0 aliphatic heterocycles. The number of nitrogens with zero attached hydrogens (tertiary/aromatic N) is 2. The van der Waals surface area contributed by atoms with Gasteiger partial charge in [-0.3, -0.25) is 0 Å². The minimum atomic E-state index is 1.01. The molecule has 0 saturated carbocycles. The van der Waals surface area contributed by atoms with E-state index in [4.69, 9.17) is 4.98 Å². The molecule has 0 fully saturated rings. The summed E-state index contributed by atoms with van der Waals surface area (Å²) in [5.74, 6) is 0. The van der Waals surface area contributed by atoms with E-state index in [0.717, 1.165) is 21.5 Å². The van der Waals surface area contributed by atoms with E-state index in [2.05, 4.69) is 83.8 Å². The van der Waals surface area contributed by atoms with Gasteiger partial charge >= 0.3 is 0 Å². The van der Waals surface area contributed by atoms with Crippen molar-refractivity contribution in [3.8, 4) is 11.3 Å². The Balaban J connectivity index is 1.78. The van der Waals surface area contributed by atoms with Crippen molar-refractivity contribution in [3.63, 3.8) is 0 Å². The summed E-state index contributed by atoms with van der Waals surface area (Å²) < 4.78 is 1.26. The van der Waals surface area contributed by atoms with Crippen LogP contribution in [0.2, 0.25) is 0 Å². The Labute approximate surface area is 159 Å². The number of benzene rings is 4. The highest BCUT2D eigenvalue weighted by Gasteiger charge is 2.15. The minimum Gasteiger partial charge on any atom is -0.236 e. The molecular formula is C24H14N2S. The summed E-state index contributed by atoms with van der Waals surface area (Å²) in [5.41, 5.74) is 2.17. The Kier molecular flexibility index (Phi) is 3.07. The molecule has 0 radical (unpaired) electrons. The smallest absolute Gasteiger partial charge is 0.128 e. The maximum atomic E-state index is 4.73. The third-order valence-corrected chi connectivity index (χ3v) is 6.24. The molecule has 0 unspecified atom stereocenters. The molecule has 6 rings (SSSR count). The molecule has 27 heavy (non-hydrogen) atoms. The maximum Gasteiger partial charge on any atom is 0.128 e. The molecule has 0 saturated heterocycles. The van der Waals surface area contributed by atoms with E-state index >= 15 is 0 Å². The average Bonchev–Trinajstić information content (AvgIpc) is 3.09. The van der Waals surface area contributed by atoms with Gasteiger partial charge in [-0.2, -0.15) is 0 Å². The topological polar surface area (TPSA) is 25.8 Å². The zero-order chi connectivity index (χ0) is 17.8. The Morgan fingerprint density at radius 2 is 1.37 bits per heavy atom. The molecule has 0 aliphatic rings. The fourth-order valence-electron chi connectivity index (χ4n) is 3.93. The molecule has 0 aliphatic carbocycles. The molecule has 3 heteroatoms. The first-order chi connectivity index (χ1) is 13.4. The van der Waals surface area contributed by atoms with Crippen LogP contribution in [0.4, 0.5) is 0 Å². The lowest BCUT2D eigenvalue weighted by Crippen LogP contribution is -1.88. The average molecular weight is 362 g/mol. The van der Waals surface area contributed by atoms with Crippen molar-refractivity contribution >= 4 is 53.2 Å². The van der Waals surface area contributed by atoms with E-state index in [1.165, 1.54) is 31.6 Å². The van der Waals surface area contributed by atoms with Crippen LogP contribution in [-0.4, -0.2) is 9.97 Å². The van der Waals surface area contributed by atoms with Gasteiger partial charge in [0.05, 0.1) is 5.69 Å². The Morgan fingerprint density at radius 1 is 0.630 bits per heavy atom. The van der Waals surface area contributed by atoms with E-state index in [9.17, 15) is 0 Å². The number of rotatable bonds is 1. The molecular weight excluding hydrogens is 348 g/mol. The van der Waals surface area contributed by atoms with Crippen LogP contribution in [-0.2, 0) is 0 Å². The van der Waals surface area contributed by atoms with E-state index in [0.29, 0.717) is 0 Å². The SMILES string of the molecule is c1ccc2cc3c(cc2c1)sc1ncnc(-c2cccc4ccccc24)c13. The van der Waals surface area contributed by atoms with Crippen LogP contribution in [0.1, 0.15) is 0 Å². The van der Waals surface area contributed by atoms with E-state index < -0.39 is 0 Å². The Morgan fingerprint density at radius 3 is 2.26 bits per heavy atom. The predicted octanol–water partition coefficient (Wildman–Crippen LogP) is 6.82. The summed E-state index contributed by atoms with van der Waals surface area (Å²) in [7, 11) is 0. The molecule has 6 aromatic rings. The molecule has 2 heterocycles. The maximum absolute atomic E-state index is 4.73. The number of thiophene rings is 1. The van der Waals surface area contributed by atoms with Crippen LogP contribution >= 0.6 is 11.3 Å². The lowest BCUT2D eigenvalue weighted by atomic mass is 9.99. The summed E-state index contributed by atoms with van der Waals surface area (Å²) in [4.78, 5) is 10.3. The van der Waals surface area contributed by atoms with Gasteiger partial charge < -0.3 is 0 Å². The first kappa shape index (κ1) is 14.8. The minimum absolute atomic E-state index is 1.01. The number of aromatic nitrogens is 2. The van der Waals surface area contributed by atoms with Gasteiger partial charge in [0, 0.05) is 21.0 Å². The fraction of sp³-hybridized carbons (Fsp3) is 0. The molecule has 0 amide bonds.